The standard InChI is InChI=1S/C8H15I/c1-3-5-6-8(4-2)7-9/h3,5,8H,4,6-7H2,1-2H3/b5-3+/t8-/m0/s1. The largest absolute Gasteiger partial charge is 0.0917 e. The van der Waals surface area contributed by atoms with Crippen LogP contribution < -0.4 is 0 Å². The van der Waals surface area contributed by atoms with Gasteiger partial charge in [-0.25, -0.2) is 0 Å². The molecule has 0 nitrogen and oxygen atoms in total. The SMILES string of the molecule is C/C=C/C[C@H](CC)CI. The molecule has 54 valence electrons. The molecule has 0 aromatic carbocycles. The summed E-state index contributed by atoms with van der Waals surface area (Å²) in [6.45, 7) is 4.34. The average Bonchev–Trinajstić information content (AvgIpc) is 1.91. The van der Waals surface area contributed by atoms with Crippen LogP contribution in [0.1, 0.15) is 26.7 Å². The summed E-state index contributed by atoms with van der Waals surface area (Å²) in [7, 11) is 0. The van der Waals surface area contributed by atoms with Gasteiger partial charge in [-0.1, -0.05) is 48.1 Å². The lowest BCUT2D eigenvalue weighted by Crippen LogP contribution is -1.96. The highest BCUT2D eigenvalue weighted by molar-refractivity contribution is 14.1. The van der Waals surface area contributed by atoms with Crippen molar-refractivity contribution in [1.82, 2.24) is 0 Å². The van der Waals surface area contributed by atoms with Crippen molar-refractivity contribution < 1.29 is 0 Å². The average molecular weight is 238 g/mol. The molecule has 9 heavy (non-hydrogen) atoms. The molecule has 1 atom stereocenters. The Kier molecular flexibility index (Phi) is 6.93. The molecule has 0 rings (SSSR count). The fourth-order valence-electron chi connectivity index (χ4n) is 0.667. The Morgan fingerprint density at radius 2 is 2.22 bits per heavy atom. The van der Waals surface area contributed by atoms with Crippen LogP contribution in [-0.4, -0.2) is 4.43 Å². The van der Waals surface area contributed by atoms with Crippen LogP contribution in [0, 0.1) is 5.92 Å². The van der Waals surface area contributed by atoms with Crippen molar-refractivity contribution in [2.24, 2.45) is 5.92 Å². The van der Waals surface area contributed by atoms with Crippen LogP contribution in [0.25, 0.3) is 0 Å². The number of rotatable bonds is 4. The van der Waals surface area contributed by atoms with Gasteiger partial charge in [-0.05, 0) is 19.3 Å². The Morgan fingerprint density at radius 1 is 1.56 bits per heavy atom. The molecule has 0 aliphatic rings. The van der Waals surface area contributed by atoms with Gasteiger partial charge in [0.15, 0.2) is 0 Å². The maximum atomic E-state index is 2.46. The number of halogens is 1. The van der Waals surface area contributed by atoms with Crippen molar-refractivity contribution in [3.05, 3.63) is 12.2 Å². The van der Waals surface area contributed by atoms with Crippen LogP contribution in [0.4, 0.5) is 0 Å². The molecule has 0 amide bonds. The van der Waals surface area contributed by atoms with E-state index in [1.807, 2.05) is 0 Å². The summed E-state index contributed by atoms with van der Waals surface area (Å²) in [6, 6.07) is 0. The lowest BCUT2D eigenvalue weighted by atomic mass is 10.1. The topological polar surface area (TPSA) is 0 Å². The summed E-state index contributed by atoms with van der Waals surface area (Å²) in [5, 5.41) is 0. The zero-order chi connectivity index (χ0) is 7.11. The van der Waals surface area contributed by atoms with Crippen molar-refractivity contribution in [3.8, 4) is 0 Å². The fourth-order valence-corrected chi connectivity index (χ4v) is 1.65. The summed E-state index contributed by atoms with van der Waals surface area (Å²) < 4.78 is 1.29. The monoisotopic (exact) mass is 238 g/mol. The molecule has 0 unspecified atom stereocenters. The molecule has 0 N–H and O–H groups in total. The summed E-state index contributed by atoms with van der Waals surface area (Å²) in [6.07, 6.45) is 6.96. The second kappa shape index (κ2) is 6.59. The van der Waals surface area contributed by atoms with Crippen molar-refractivity contribution in [1.29, 1.82) is 0 Å². The van der Waals surface area contributed by atoms with Gasteiger partial charge in [-0.15, -0.1) is 0 Å². The first kappa shape index (κ1) is 9.47. The molecule has 0 radical (unpaired) electrons. The van der Waals surface area contributed by atoms with Gasteiger partial charge in [-0.3, -0.25) is 0 Å². The Bertz CT molecular complexity index is 72.6. The number of hydrogen-bond acceptors (Lipinski definition) is 0. The van der Waals surface area contributed by atoms with E-state index in [9.17, 15) is 0 Å². The maximum Gasteiger partial charge on any atom is 0.00265 e. The van der Waals surface area contributed by atoms with Gasteiger partial charge < -0.3 is 0 Å². The van der Waals surface area contributed by atoms with Crippen LogP contribution in [0.15, 0.2) is 12.2 Å². The van der Waals surface area contributed by atoms with E-state index in [0.29, 0.717) is 0 Å². The van der Waals surface area contributed by atoms with E-state index in [-0.39, 0.29) is 0 Å². The molecule has 0 spiro atoms. The third kappa shape index (κ3) is 4.94. The first-order valence-corrected chi connectivity index (χ1v) is 5.04. The zero-order valence-corrected chi connectivity index (χ0v) is 8.39. The second-order valence-electron chi connectivity index (χ2n) is 2.23. The lowest BCUT2D eigenvalue weighted by Gasteiger charge is -2.05. The van der Waals surface area contributed by atoms with Crippen molar-refractivity contribution in [2.45, 2.75) is 26.7 Å². The number of hydrogen-bond donors (Lipinski definition) is 0. The molecule has 0 bridgehead atoms. The Hall–Kier alpha value is 0.470. The third-order valence-electron chi connectivity index (χ3n) is 1.50. The number of allylic oxidation sites excluding steroid dienone is 2. The maximum absolute atomic E-state index is 2.46. The summed E-state index contributed by atoms with van der Waals surface area (Å²) in [4.78, 5) is 0. The molecule has 0 heterocycles. The van der Waals surface area contributed by atoms with E-state index in [0.717, 1.165) is 5.92 Å². The summed E-state index contributed by atoms with van der Waals surface area (Å²) in [5.74, 6) is 0.904. The van der Waals surface area contributed by atoms with E-state index in [1.54, 1.807) is 0 Å². The van der Waals surface area contributed by atoms with Crippen LogP contribution in [0.3, 0.4) is 0 Å². The Morgan fingerprint density at radius 3 is 2.56 bits per heavy atom. The van der Waals surface area contributed by atoms with Gasteiger partial charge in [0.1, 0.15) is 0 Å². The van der Waals surface area contributed by atoms with Gasteiger partial charge in [0.2, 0.25) is 0 Å². The quantitative estimate of drug-likeness (QED) is 0.400. The zero-order valence-electron chi connectivity index (χ0n) is 6.23. The predicted molar refractivity (Wildman–Crippen MR) is 52.1 cm³/mol. The van der Waals surface area contributed by atoms with Crippen molar-refractivity contribution in [3.63, 3.8) is 0 Å². The highest BCUT2D eigenvalue weighted by atomic mass is 127. The van der Waals surface area contributed by atoms with E-state index >= 15 is 0 Å². The molecule has 0 aliphatic carbocycles. The molecule has 0 aromatic rings. The van der Waals surface area contributed by atoms with Gasteiger partial charge in [-0.2, -0.15) is 0 Å². The highest BCUT2D eigenvalue weighted by Gasteiger charge is 1.98. The first-order valence-electron chi connectivity index (χ1n) is 3.52. The molecule has 0 aromatic heterocycles. The molecular formula is C8H15I. The first-order chi connectivity index (χ1) is 4.35. The van der Waals surface area contributed by atoms with E-state index in [4.69, 9.17) is 0 Å². The molecular weight excluding hydrogens is 223 g/mol. The molecule has 1 heteroatoms. The third-order valence-corrected chi connectivity index (χ3v) is 2.75. The predicted octanol–water partition coefficient (Wildman–Crippen LogP) is 3.41. The van der Waals surface area contributed by atoms with Crippen molar-refractivity contribution in [2.75, 3.05) is 4.43 Å². The molecule has 0 aliphatic heterocycles. The minimum atomic E-state index is 0.904. The van der Waals surface area contributed by atoms with Crippen LogP contribution >= 0.6 is 22.6 Å². The summed E-state index contributed by atoms with van der Waals surface area (Å²) >= 11 is 2.46. The normalized spacial score (nSPS) is 14.6. The minimum absolute atomic E-state index is 0.904. The summed E-state index contributed by atoms with van der Waals surface area (Å²) in [5.41, 5.74) is 0. The van der Waals surface area contributed by atoms with Crippen LogP contribution in [0.5, 0.6) is 0 Å². The van der Waals surface area contributed by atoms with Crippen LogP contribution in [-0.2, 0) is 0 Å². The van der Waals surface area contributed by atoms with Gasteiger partial charge >= 0.3 is 0 Å². The lowest BCUT2D eigenvalue weighted by molar-refractivity contribution is 0.590. The molecule has 0 fully saturated rings. The van der Waals surface area contributed by atoms with Gasteiger partial charge in [0.05, 0.1) is 0 Å². The van der Waals surface area contributed by atoms with Gasteiger partial charge in [0.25, 0.3) is 0 Å². The van der Waals surface area contributed by atoms with E-state index in [2.05, 4.69) is 48.6 Å². The minimum Gasteiger partial charge on any atom is -0.0917 e. The molecule has 0 saturated heterocycles. The smallest absolute Gasteiger partial charge is 0.00265 e. The van der Waals surface area contributed by atoms with Gasteiger partial charge in [0, 0.05) is 4.43 Å². The van der Waals surface area contributed by atoms with E-state index < -0.39 is 0 Å². The Labute approximate surface area is 71.9 Å². The number of alkyl halides is 1. The van der Waals surface area contributed by atoms with Crippen LogP contribution in [0.2, 0.25) is 0 Å². The molecule has 0 saturated carbocycles. The van der Waals surface area contributed by atoms with E-state index in [1.165, 1.54) is 17.3 Å². The second-order valence-corrected chi connectivity index (χ2v) is 3.11. The Balaban J connectivity index is 3.31. The fraction of sp³-hybridized carbons (Fsp3) is 0.750. The highest BCUT2D eigenvalue weighted by Crippen LogP contribution is 2.11. The van der Waals surface area contributed by atoms with Crippen molar-refractivity contribution >= 4 is 22.6 Å².